The van der Waals surface area contributed by atoms with E-state index in [1.165, 1.54) is 30.9 Å². The molecule has 0 radical (unpaired) electrons. The van der Waals surface area contributed by atoms with Gasteiger partial charge < -0.3 is 10.6 Å². The molecule has 0 aliphatic rings. The van der Waals surface area contributed by atoms with Crippen LogP contribution in [0.4, 0.5) is 18.9 Å². The van der Waals surface area contributed by atoms with Gasteiger partial charge in [0, 0.05) is 34.8 Å². The molecule has 0 aromatic heterocycles. The van der Waals surface area contributed by atoms with E-state index in [1.807, 2.05) is 18.4 Å². The van der Waals surface area contributed by atoms with E-state index in [9.17, 15) is 18.0 Å². The molecule has 0 spiro atoms. The summed E-state index contributed by atoms with van der Waals surface area (Å²) < 4.78 is 39.0. The zero-order chi connectivity index (χ0) is 23.4. The summed E-state index contributed by atoms with van der Waals surface area (Å²) in [6.45, 7) is 5.95. The third kappa shape index (κ3) is 7.58. The zero-order valence-electron chi connectivity index (χ0n) is 18.8. The molecule has 3 nitrogen and oxygen atoms in total. The highest BCUT2D eigenvalue weighted by Gasteiger charge is 2.30. The maximum Gasteiger partial charge on any atom is 0.416 e. The lowest BCUT2D eigenvalue weighted by molar-refractivity contribution is -0.137. The molecule has 2 aromatic carbocycles. The van der Waals surface area contributed by atoms with Gasteiger partial charge in [-0.3, -0.25) is 4.79 Å². The molecule has 0 saturated heterocycles. The number of hydrogen-bond acceptors (Lipinski definition) is 4. The van der Waals surface area contributed by atoms with Gasteiger partial charge in [0.25, 0.3) is 0 Å². The Kier molecular flexibility index (Phi) is 11.7. The van der Waals surface area contributed by atoms with Crippen molar-refractivity contribution >= 4 is 23.7 Å². The number of anilines is 1. The van der Waals surface area contributed by atoms with Crippen molar-refractivity contribution in [1.29, 1.82) is 0 Å². The third-order valence-corrected chi connectivity index (χ3v) is 5.63. The monoisotopic (exact) mass is 454 g/mol. The summed E-state index contributed by atoms with van der Waals surface area (Å²) in [6, 6.07) is 8.98. The van der Waals surface area contributed by atoms with Gasteiger partial charge in [0.15, 0.2) is 0 Å². The normalized spacial score (nSPS) is 11.0. The van der Waals surface area contributed by atoms with Crippen LogP contribution in [-0.4, -0.2) is 32.7 Å². The van der Waals surface area contributed by atoms with Crippen LogP contribution in [0.1, 0.15) is 55.5 Å². The molecule has 0 heterocycles. The number of alkyl halides is 3. The van der Waals surface area contributed by atoms with E-state index in [2.05, 4.69) is 24.5 Å². The number of hydrogen-bond donors (Lipinski definition) is 1. The number of halogens is 3. The Morgan fingerprint density at radius 3 is 1.97 bits per heavy atom. The molecular formula is C24H33F3N2OS. The highest BCUT2D eigenvalue weighted by molar-refractivity contribution is 7.98. The fourth-order valence-electron chi connectivity index (χ4n) is 3.27. The van der Waals surface area contributed by atoms with E-state index in [-0.39, 0.29) is 0 Å². The van der Waals surface area contributed by atoms with Gasteiger partial charge in [0.2, 0.25) is 0 Å². The molecule has 2 N–H and O–H groups in total. The molecule has 0 bridgehead atoms. The molecule has 172 valence electrons. The van der Waals surface area contributed by atoms with E-state index in [0.29, 0.717) is 5.56 Å². The number of benzene rings is 2. The first-order valence-corrected chi connectivity index (χ1v) is 11.8. The summed E-state index contributed by atoms with van der Waals surface area (Å²) in [5.74, 6) is 0. The minimum absolute atomic E-state index is 0.581. The van der Waals surface area contributed by atoms with E-state index >= 15 is 0 Å². The van der Waals surface area contributed by atoms with Gasteiger partial charge in [-0.1, -0.05) is 38.8 Å². The smallest absolute Gasteiger partial charge is 0.371 e. The van der Waals surface area contributed by atoms with E-state index in [4.69, 9.17) is 0 Å². The molecule has 0 fully saturated rings. The van der Waals surface area contributed by atoms with Crippen molar-refractivity contribution in [2.75, 3.05) is 31.3 Å². The second kappa shape index (κ2) is 13.4. The van der Waals surface area contributed by atoms with E-state index in [0.717, 1.165) is 78.9 Å². The van der Waals surface area contributed by atoms with Crippen molar-refractivity contribution in [3.63, 3.8) is 0 Å². The van der Waals surface area contributed by atoms with Crippen LogP contribution in [0.15, 0.2) is 41.3 Å². The highest BCUT2D eigenvalue weighted by atomic mass is 32.2. The van der Waals surface area contributed by atoms with Gasteiger partial charge >= 0.3 is 6.18 Å². The number of carbonyl (C=O) groups excluding carboxylic acids is 1. The van der Waals surface area contributed by atoms with Crippen LogP contribution in [0.3, 0.4) is 0 Å². The van der Waals surface area contributed by atoms with Crippen LogP contribution in [0.25, 0.3) is 11.1 Å². The van der Waals surface area contributed by atoms with Gasteiger partial charge in [0.05, 0.1) is 5.56 Å². The summed E-state index contributed by atoms with van der Waals surface area (Å²) in [7, 11) is 1.50. The Bertz CT molecular complexity index is 800. The van der Waals surface area contributed by atoms with Crippen LogP contribution < -0.4 is 10.6 Å². The summed E-state index contributed by atoms with van der Waals surface area (Å²) in [6.07, 6.45) is 2.49. The van der Waals surface area contributed by atoms with Crippen LogP contribution in [-0.2, 0) is 6.18 Å². The lowest BCUT2D eigenvalue weighted by Crippen LogP contribution is -2.26. The van der Waals surface area contributed by atoms with Gasteiger partial charge in [-0.2, -0.15) is 13.2 Å². The Hall–Kier alpha value is -1.99. The molecule has 0 unspecified atom stereocenters. The number of carbonyl (C=O) groups is 1. The molecule has 0 saturated carbocycles. The van der Waals surface area contributed by atoms with Crippen molar-refractivity contribution < 1.29 is 18.0 Å². The second-order valence-corrected chi connectivity index (χ2v) is 7.85. The first-order chi connectivity index (χ1) is 14.8. The van der Waals surface area contributed by atoms with Gasteiger partial charge in [0.1, 0.15) is 6.29 Å². The summed E-state index contributed by atoms with van der Waals surface area (Å²) in [5, 5.41) is 0. The van der Waals surface area contributed by atoms with E-state index in [1.54, 1.807) is 0 Å². The number of nitrogens with two attached hydrogens (primary N) is 1. The zero-order valence-corrected chi connectivity index (χ0v) is 19.6. The molecule has 0 aliphatic heterocycles. The van der Waals surface area contributed by atoms with Crippen molar-refractivity contribution in [2.24, 2.45) is 5.73 Å². The summed E-state index contributed by atoms with van der Waals surface area (Å²) >= 11 is 1.50. The minimum atomic E-state index is -4.36. The number of thioether (sulfide) groups is 1. The molecule has 2 rings (SSSR count). The lowest BCUT2D eigenvalue weighted by atomic mass is 9.98. The quantitative estimate of drug-likeness (QED) is 0.314. The average molecular weight is 455 g/mol. The third-order valence-electron chi connectivity index (χ3n) is 4.86. The largest absolute Gasteiger partial charge is 0.416 e. The Labute approximate surface area is 188 Å². The first kappa shape index (κ1) is 27.0. The first-order valence-electron chi connectivity index (χ1n) is 10.5. The van der Waals surface area contributed by atoms with Crippen molar-refractivity contribution in [2.45, 2.75) is 50.6 Å². The molecule has 2 aromatic rings. The van der Waals surface area contributed by atoms with Crippen molar-refractivity contribution in [3.8, 4) is 11.1 Å². The SMILES string of the molecule is CCCCN(CCCC)c1cc(C=O)cc(SC)c1-c1ccc(C(F)(F)F)cc1.CN. The maximum atomic E-state index is 13.0. The van der Waals surface area contributed by atoms with Crippen LogP contribution in [0, 0.1) is 0 Å². The van der Waals surface area contributed by atoms with Crippen molar-refractivity contribution in [1.82, 2.24) is 0 Å². The molecule has 7 heteroatoms. The minimum Gasteiger partial charge on any atom is -0.371 e. The Morgan fingerprint density at radius 2 is 1.55 bits per heavy atom. The van der Waals surface area contributed by atoms with Crippen LogP contribution >= 0.6 is 11.8 Å². The van der Waals surface area contributed by atoms with Gasteiger partial charge in [-0.25, -0.2) is 0 Å². The Morgan fingerprint density at radius 1 is 1.00 bits per heavy atom. The van der Waals surface area contributed by atoms with Gasteiger partial charge in [-0.15, -0.1) is 11.8 Å². The molecule has 0 atom stereocenters. The Balaban J connectivity index is 0.00000233. The van der Waals surface area contributed by atoms with Crippen LogP contribution in [0.5, 0.6) is 0 Å². The predicted octanol–water partition coefficient (Wildman–Crippen LogP) is 6.89. The molecular weight excluding hydrogens is 421 g/mol. The average Bonchev–Trinajstić information content (AvgIpc) is 2.79. The molecule has 0 amide bonds. The van der Waals surface area contributed by atoms with Gasteiger partial charge in [-0.05, 0) is 56.0 Å². The highest BCUT2D eigenvalue weighted by Crippen LogP contribution is 2.41. The fourth-order valence-corrected chi connectivity index (χ4v) is 3.95. The van der Waals surface area contributed by atoms with Crippen molar-refractivity contribution in [3.05, 3.63) is 47.5 Å². The second-order valence-electron chi connectivity index (χ2n) is 7.00. The predicted molar refractivity (Wildman–Crippen MR) is 126 cm³/mol. The fraction of sp³-hybridized carbons (Fsp3) is 0.458. The van der Waals surface area contributed by atoms with Crippen LogP contribution in [0.2, 0.25) is 0 Å². The number of aldehydes is 1. The number of unbranched alkanes of at least 4 members (excludes halogenated alkanes) is 2. The lowest BCUT2D eigenvalue weighted by Gasteiger charge is -2.29. The summed E-state index contributed by atoms with van der Waals surface area (Å²) in [5.41, 5.74) is 6.96. The molecule has 31 heavy (non-hydrogen) atoms. The summed E-state index contributed by atoms with van der Waals surface area (Å²) in [4.78, 5) is 14.7. The standard InChI is InChI=1S/C23H28F3NOS.CH5N/c1-4-6-12-27(13-7-5-2)20-14-17(16-28)15-21(29-3)22(20)18-8-10-19(11-9-18)23(24,25)26;1-2/h8-11,14-16H,4-7,12-13H2,1-3H3;2H2,1H3. The van der Waals surface area contributed by atoms with E-state index < -0.39 is 11.7 Å². The molecule has 0 aliphatic carbocycles. The maximum absolute atomic E-state index is 13.0. The number of rotatable bonds is 10. The number of nitrogens with zero attached hydrogens (tertiary/aromatic N) is 1. The topological polar surface area (TPSA) is 46.3 Å².